The molecule has 6 rings (SSSR count). The lowest BCUT2D eigenvalue weighted by molar-refractivity contribution is -0.138. The van der Waals surface area contributed by atoms with E-state index in [-0.39, 0.29) is 102 Å². The van der Waals surface area contributed by atoms with Gasteiger partial charge in [-0.05, 0) is 87.4 Å². The topological polar surface area (TPSA) is 257 Å². The van der Waals surface area contributed by atoms with Gasteiger partial charge < -0.3 is 50.8 Å². The van der Waals surface area contributed by atoms with Crippen molar-refractivity contribution in [1.29, 1.82) is 0 Å². The molecule has 0 radical (unpaired) electrons. The van der Waals surface area contributed by atoms with E-state index in [4.69, 9.17) is 18.9 Å². The number of carbonyl (C=O) groups is 4. The number of benzene rings is 2. The number of hydrogen-bond acceptors (Lipinski definition) is 12. The van der Waals surface area contributed by atoms with Crippen molar-refractivity contribution in [3.63, 3.8) is 0 Å². The Hall–Kier alpha value is -8.34. The number of unbranched alkanes of at least 4 members (excludes halogenated alkanes) is 1. The Morgan fingerprint density at radius 1 is 0.476 bits per heavy atom. The molecule has 6 aromatic rings. The third kappa shape index (κ3) is 17.6. The second kappa shape index (κ2) is 29.9. The Labute approximate surface area is 466 Å². The molecule has 0 aliphatic carbocycles. The van der Waals surface area contributed by atoms with Gasteiger partial charge in [0.05, 0.1) is 75.4 Å². The fraction of sp³-hybridized carbons (Fsp3) is 0.407. The van der Waals surface area contributed by atoms with E-state index in [1.165, 1.54) is 58.2 Å². The third-order valence-corrected chi connectivity index (χ3v) is 12.5. The summed E-state index contributed by atoms with van der Waals surface area (Å²) in [5, 5.41) is 24.3. The zero-order valence-electron chi connectivity index (χ0n) is 45.4. The van der Waals surface area contributed by atoms with E-state index in [9.17, 15) is 55.1 Å². The van der Waals surface area contributed by atoms with E-state index in [1.807, 2.05) is 0 Å². The van der Waals surface area contributed by atoms with Crippen molar-refractivity contribution < 1.29 is 64.5 Å². The van der Waals surface area contributed by atoms with Crippen LogP contribution >= 0.6 is 0 Å². The number of rotatable bonds is 29. The molecule has 0 atom stereocenters. The Balaban J connectivity index is 0.760. The number of nitrogens with one attached hydrogen (secondary N) is 6. The molecule has 4 heterocycles. The van der Waals surface area contributed by atoms with Gasteiger partial charge in [0.15, 0.2) is 0 Å². The van der Waals surface area contributed by atoms with E-state index in [1.54, 1.807) is 40.1 Å². The van der Waals surface area contributed by atoms with Crippen LogP contribution in [0.2, 0.25) is 0 Å². The second-order valence-corrected chi connectivity index (χ2v) is 18.2. The van der Waals surface area contributed by atoms with Crippen molar-refractivity contribution >= 4 is 23.9 Å². The maximum Gasteiger partial charge on any atom is 0.416 e. The lowest BCUT2D eigenvalue weighted by Gasteiger charge is -2.18. The van der Waals surface area contributed by atoms with Crippen molar-refractivity contribution in [3.05, 3.63) is 140 Å². The third-order valence-electron chi connectivity index (χ3n) is 12.5. The summed E-state index contributed by atoms with van der Waals surface area (Å²) in [5.41, 5.74) is -1.67. The lowest BCUT2D eigenvalue weighted by atomic mass is 10.1. The fourth-order valence-electron chi connectivity index (χ4n) is 8.35. The Morgan fingerprint density at radius 3 is 1.15 bits per heavy atom. The summed E-state index contributed by atoms with van der Waals surface area (Å²) in [6.45, 7) is 5.51. The minimum absolute atomic E-state index is 0.0130. The van der Waals surface area contributed by atoms with Crippen molar-refractivity contribution in [3.8, 4) is 33.9 Å². The largest absolute Gasteiger partial charge is 0.416 e. The SMILES string of the molecule is Cc1c(-c2ccnn2C)cc(C(=O)NCCOCCOCCNC(=O)NCCCCNC(=O)NCCOCCOCCNC(=O)c2cc(-c3ccnn3C)c(C)n(-c3cccc(C(F)(F)F)c3)c2=O)c(=O)n1-c1cccc(C(F)(F)F)c1. The van der Waals surface area contributed by atoms with Gasteiger partial charge in [-0.15, -0.1) is 0 Å². The van der Waals surface area contributed by atoms with Crippen molar-refractivity contribution in [2.75, 3.05) is 92.1 Å². The lowest BCUT2D eigenvalue weighted by Crippen LogP contribution is -2.39. The minimum Gasteiger partial charge on any atom is -0.377 e. The van der Waals surface area contributed by atoms with Crippen LogP contribution in [0.25, 0.3) is 33.9 Å². The number of urea groups is 2. The van der Waals surface area contributed by atoms with Crippen LogP contribution in [0.4, 0.5) is 35.9 Å². The zero-order valence-corrected chi connectivity index (χ0v) is 45.4. The van der Waals surface area contributed by atoms with Crippen LogP contribution in [-0.4, -0.2) is 145 Å². The average molecular weight is 1160 g/mol. The van der Waals surface area contributed by atoms with Crippen LogP contribution in [0.5, 0.6) is 0 Å². The van der Waals surface area contributed by atoms with Crippen molar-refractivity contribution in [2.45, 2.75) is 39.0 Å². The standard InChI is InChI=1S/C54H64F6N12O10/c1-35-41(45-13-17-67-69(45)3)33-43(49(75)71(35)39-11-7-9-37(31-39)53(55,56)57)47(73)61-19-23-79-27-29-81-25-21-65-51(77)63-15-5-6-16-64-52(78)66-22-26-82-30-28-80-24-20-62-48(74)44-34-42(46-14-18-68-70(46)4)36(2)72(50(44)76)40-12-8-10-38(32-40)54(58,59)60/h7-14,17-18,31-34H,5-6,15-16,19-30H2,1-4H3,(H,61,73)(H,62,74)(H2,63,65,77)(H2,64,66,78). The highest BCUT2D eigenvalue weighted by atomic mass is 19.4. The molecule has 0 unspecified atom stereocenters. The molecule has 2 aromatic carbocycles. The van der Waals surface area contributed by atoms with Gasteiger partial charge >= 0.3 is 24.4 Å². The van der Waals surface area contributed by atoms with Crippen LogP contribution in [-0.2, 0) is 45.4 Å². The molecule has 82 heavy (non-hydrogen) atoms. The van der Waals surface area contributed by atoms with Gasteiger partial charge in [-0.1, -0.05) is 12.1 Å². The first kappa shape index (κ1) is 62.9. The Bertz CT molecular complexity index is 3050. The predicted molar refractivity (Wildman–Crippen MR) is 288 cm³/mol. The summed E-state index contributed by atoms with van der Waals surface area (Å²) in [7, 11) is 3.31. The number of halogens is 6. The zero-order chi connectivity index (χ0) is 59.4. The predicted octanol–water partition coefficient (Wildman–Crippen LogP) is 5.05. The smallest absolute Gasteiger partial charge is 0.377 e. The Kier molecular flexibility index (Phi) is 22.9. The monoisotopic (exact) mass is 1150 g/mol. The summed E-state index contributed by atoms with van der Waals surface area (Å²) in [6.07, 6.45) is -5.10. The normalized spacial score (nSPS) is 11.6. The molecular formula is C54H64F6N12O10. The van der Waals surface area contributed by atoms with Crippen LogP contribution < -0.4 is 43.0 Å². The van der Waals surface area contributed by atoms with Crippen LogP contribution in [0.15, 0.2) is 94.8 Å². The van der Waals surface area contributed by atoms with Gasteiger partial charge in [0.2, 0.25) is 0 Å². The molecule has 0 bridgehead atoms. The maximum atomic E-state index is 13.7. The number of carbonyl (C=O) groups excluding carboxylic acids is 4. The molecule has 0 saturated carbocycles. The summed E-state index contributed by atoms with van der Waals surface area (Å²) in [6, 6.07) is 13.9. The highest BCUT2D eigenvalue weighted by molar-refractivity contribution is 5.96. The fourth-order valence-corrected chi connectivity index (χ4v) is 8.35. The van der Waals surface area contributed by atoms with E-state index in [2.05, 4.69) is 42.1 Å². The van der Waals surface area contributed by atoms with Gasteiger partial charge in [-0.2, -0.15) is 36.5 Å². The molecule has 4 aromatic heterocycles. The first-order valence-corrected chi connectivity index (χ1v) is 25.9. The number of aryl methyl sites for hydroxylation is 2. The summed E-state index contributed by atoms with van der Waals surface area (Å²) in [4.78, 5) is 78.2. The van der Waals surface area contributed by atoms with Gasteiger partial charge in [0.1, 0.15) is 11.1 Å². The summed E-state index contributed by atoms with van der Waals surface area (Å²) < 4.78 is 109. The van der Waals surface area contributed by atoms with E-state index in [0.29, 0.717) is 59.8 Å². The number of nitrogens with zero attached hydrogens (tertiary/aromatic N) is 6. The van der Waals surface area contributed by atoms with E-state index < -0.39 is 58.5 Å². The number of aromatic nitrogens is 6. The number of amides is 6. The molecule has 442 valence electrons. The molecule has 0 aliphatic heterocycles. The first-order chi connectivity index (χ1) is 39.2. The average Bonchev–Trinajstić information content (AvgIpc) is 3.95. The quantitative estimate of drug-likeness (QED) is 0.0267. The summed E-state index contributed by atoms with van der Waals surface area (Å²) >= 11 is 0. The molecule has 6 N–H and O–H groups in total. The highest BCUT2D eigenvalue weighted by Gasteiger charge is 2.32. The number of hydrogen-bond donors (Lipinski definition) is 6. The van der Waals surface area contributed by atoms with Crippen LogP contribution in [0.3, 0.4) is 0 Å². The molecule has 0 spiro atoms. The molecule has 0 saturated heterocycles. The molecule has 6 amide bonds. The van der Waals surface area contributed by atoms with Gasteiger partial charge in [0.25, 0.3) is 22.9 Å². The van der Waals surface area contributed by atoms with Gasteiger partial charge in [-0.3, -0.25) is 37.7 Å². The molecule has 0 fully saturated rings. The van der Waals surface area contributed by atoms with E-state index >= 15 is 0 Å². The second-order valence-electron chi connectivity index (χ2n) is 18.2. The number of ether oxygens (including phenoxy) is 4. The minimum atomic E-state index is -4.66. The van der Waals surface area contributed by atoms with Crippen molar-refractivity contribution in [2.24, 2.45) is 14.1 Å². The van der Waals surface area contributed by atoms with Crippen LogP contribution in [0, 0.1) is 13.8 Å². The number of alkyl halides is 6. The summed E-state index contributed by atoms with van der Waals surface area (Å²) in [5.74, 6) is -1.49. The molecular weight excluding hydrogens is 1090 g/mol. The highest BCUT2D eigenvalue weighted by Crippen LogP contribution is 2.33. The van der Waals surface area contributed by atoms with Gasteiger partial charge in [0, 0.05) is 99.6 Å². The van der Waals surface area contributed by atoms with Gasteiger partial charge in [-0.25, -0.2) is 9.59 Å². The molecule has 0 aliphatic rings. The van der Waals surface area contributed by atoms with Crippen LogP contribution in [0.1, 0.15) is 56.1 Å². The molecule has 28 heteroatoms. The first-order valence-electron chi connectivity index (χ1n) is 25.9. The van der Waals surface area contributed by atoms with E-state index in [0.717, 1.165) is 33.4 Å². The maximum absolute atomic E-state index is 13.7. The Morgan fingerprint density at radius 2 is 0.817 bits per heavy atom. The number of pyridine rings is 2. The van der Waals surface area contributed by atoms with Crippen molar-refractivity contribution in [1.82, 2.24) is 60.6 Å². The molecule has 22 nitrogen and oxygen atoms in total.